The van der Waals surface area contributed by atoms with Crippen LogP contribution in [0.2, 0.25) is 5.02 Å². The molecular formula is C16H9ClN2OS. The zero-order valence-electron chi connectivity index (χ0n) is 10.8. The van der Waals surface area contributed by atoms with Crippen molar-refractivity contribution >= 4 is 33.2 Å². The lowest BCUT2D eigenvalue weighted by molar-refractivity contribution is 0.588. The Morgan fingerprint density at radius 1 is 1.00 bits per heavy atom. The number of aromatic nitrogens is 2. The molecule has 0 atom stereocenters. The normalized spacial score (nSPS) is 11.1. The second kappa shape index (κ2) is 4.98. The maximum Gasteiger partial charge on any atom is 0.256 e. The molecule has 0 saturated carbocycles. The Hall–Kier alpha value is -2.17. The van der Waals surface area contributed by atoms with Crippen LogP contribution < -0.4 is 0 Å². The summed E-state index contributed by atoms with van der Waals surface area (Å²) in [7, 11) is 0. The van der Waals surface area contributed by atoms with Crippen LogP contribution in [0.3, 0.4) is 0 Å². The SMILES string of the molecule is Clc1ccc(-c2cnc(-c3nc4ccccc4s3)o2)cc1. The van der Waals surface area contributed by atoms with E-state index in [0.29, 0.717) is 16.7 Å². The van der Waals surface area contributed by atoms with Gasteiger partial charge in [-0.25, -0.2) is 9.97 Å². The molecule has 2 aromatic heterocycles. The lowest BCUT2D eigenvalue weighted by atomic mass is 10.2. The maximum absolute atomic E-state index is 5.89. The summed E-state index contributed by atoms with van der Waals surface area (Å²) in [5, 5.41) is 1.49. The van der Waals surface area contributed by atoms with Crippen molar-refractivity contribution in [2.45, 2.75) is 0 Å². The van der Waals surface area contributed by atoms with E-state index in [2.05, 4.69) is 9.97 Å². The minimum atomic E-state index is 0.543. The minimum Gasteiger partial charge on any atom is -0.434 e. The first-order chi connectivity index (χ1) is 10.3. The fourth-order valence-electron chi connectivity index (χ4n) is 2.08. The number of benzene rings is 2. The first kappa shape index (κ1) is 12.6. The predicted molar refractivity (Wildman–Crippen MR) is 85.6 cm³/mol. The largest absolute Gasteiger partial charge is 0.434 e. The number of para-hydroxylation sites is 1. The van der Waals surface area contributed by atoms with Crippen molar-refractivity contribution in [3.05, 3.63) is 59.8 Å². The van der Waals surface area contributed by atoms with Gasteiger partial charge in [0.05, 0.1) is 16.4 Å². The lowest BCUT2D eigenvalue weighted by Gasteiger charge is -1.95. The molecule has 4 aromatic rings. The van der Waals surface area contributed by atoms with Gasteiger partial charge in [0.15, 0.2) is 10.8 Å². The Bertz CT molecular complexity index is 878. The van der Waals surface area contributed by atoms with Crippen LogP contribution in [0.1, 0.15) is 0 Å². The molecule has 0 fully saturated rings. The third-order valence-corrected chi connectivity index (χ3v) is 4.39. The van der Waals surface area contributed by atoms with Crippen LogP contribution in [0, 0.1) is 0 Å². The molecule has 0 bridgehead atoms. The molecule has 0 aliphatic rings. The Balaban J connectivity index is 1.75. The lowest BCUT2D eigenvalue weighted by Crippen LogP contribution is -1.73. The number of nitrogens with zero attached hydrogens (tertiary/aromatic N) is 2. The van der Waals surface area contributed by atoms with Gasteiger partial charge in [0.25, 0.3) is 5.89 Å². The van der Waals surface area contributed by atoms with E-state index >= 15 is 0 Å². The summed E-state index contributed by atoms with van der Waals surface area (Å²) in [4.78, 5) is 8.87. The van der Waals surface area contributed by atoms with Gasteiger partial charge in [0.2, 0.25) is 0 Å². The first-order valence-corrected chi connectivity index (χ1v) is 7.57. The molecule has 0 amide bonds. The quantitative estimate of drug-likeness (QED) is 0.506. The molecule has 0 unspecified atom stereocenters. The van der Waals surface area contributed by atoms with Gasteiger partial charge < -0.3 is 4.42 Å². The number of hydrogen-bond donors (Lipinski definition) is 0. The molecule has 0 aliphatic heterocycles. The monoisotopic (exact) mass is 312 g/mol. The Morgan fingerprint density at radius 3 is 2.62 bits per heavy atom. The summed E-state index contributed by atoms with van der Waals surface area (Å²) in [6.07, 6.45) is 1.71. The molecule has 2 heterocycles. The van der Waals surface area contributed by atoms with Crippen LogP contribution in [0.25, 0.3) is 32.4 Å². The van der Waals surface area contributed by atoms with E-state index in [0.717, 1.165) is 20.8 Å². The molecule has 21 heavy (non-hydrogen) atoms. The molecule has 102 valence electrons. The summed E-state index contributed by atoms with van der Waals surface area (Å²) in [6.45, 7) is 0. The number of halogens is 1. The Labute approximate surface area is 129 Å². The van der Waals surface area contributed by atoms with E-state index in [9.17, 15) is 0 Å². The number of hydrogen-bond acceptors (Lipinski definition) is 4. The summed E-state index contributed by atoms with van der Waals surface area (Å²) in [5.41, 5.74) is 1.91. The Morgan fingerprint density at radius 2 is 1.81 bits per heavy atom. The van der Waals surface area contributed by atoms with Crippen molar-refractivity contribution in [3.8, 4) is 22.2 Å². The number of thiazole rings is 1. The fourth-order valence-corrected chi connectivity index (χ4v) is 3.11. The van der Waals surface area contributed by atoms with Crippen molar-refractivity contribution in [1.82, 2.24) is 9.97 Å². The average molecular weight is 313 g/mol. The highest BCUT2D eigenvalue weighted by molar-refractivity contribution is 7.21. The van der Waals surface area contributed by atoms with E-state index < -0.39 is 0 Å². The van der Waals surface area contributed by atoms with Crippen LogP contribution in [0.4, 0.5) is 0 Å². The standard InChI is InChI=1S/C16H9ClN2OS/c17-11-7-5-10(6-8-11)13-9-18-15(20-13)16-19-12-3-1-2-4-14(12)21-16/h1-9H. The van der Waals surface area contributed by atoms with Crippen molar-refractivity contribution < 1.29 is 4.42 Å². The zero-order chi connectivity index (χ0) is 14.2. The van der Waals surface area contributed by atoms with Crippen molar-refractivity contribution in [3.63, 3.8) is 0 Å². The third kappa shape index (κ3) is 2.33. The highest BCUT2D eigenvalue weighted by Gasteiger charge is 2.12. The van der Waals surface area contributed by atoms with Gasteiger partial charge in [-0.2, -0.15) is 0 Å². The van der Waals surface area contributed by atoms with E-state index in [-0.39, 0.29) is 0 Å². The zero-order valence-corrected chi connectivity index (χ0v) is 12.4. The molecule has 3 nitrogen and oxygen atoms in total. The van der Waals surface area contributed by atoms with Crippen LogP contribution in [-0.2, 0) is 0 Å². The van der Waals surface area contributed by atoms with Crippen LogP contribution >= 0.6 is 22.9 Å². The molecular weight excluding hydrogens is 304 g/mol. The van der Waals surface area contributed by atoms with Crippen LogP contribution in [-0.4, -0.2) is 9.97 Å². The van der Waals surface area contributed by atoms with Crippen LogP contribution in [0.15, 0.2) is 59.1 Å². The van der Waals surface area contributed by atoms with Gasteiger partial charge in [0.1, 0.15) is 0 Å². The summed E-state index contributed by atoms with van der Waals surface area (Å²) >= 11 is 7.46. The number of oxazole rings is 1. The second-order valence-electron chi connectivity index (χ2n) is 4.52. The third-order valence-electron chi connectivity index (χ3n) is 3.11. The highest BCUT2D eigenvalue weighted by Crippen LogP contribution is 2.32. The molecule has 0 N–H and O–H groups in total. The Kier molecular flexibility index (Phi) is 2.98. The van der Waals surface area contributed by atoms with Crippen molar-refractivity contribution in [2.24, 2.45) is 0 Å². The molecule has 0 spiro atoms. The molecule has 0 aliphatic carbocycles. The molecule has 0 radical (unpaired) electrons. The van der Waals surface area contributed by atoms with E-state index in [1.54, 1.807) is 17.5 Å². The van der Waals surface area contributed by atoms with Gasteiger partial charge in [-0.15, -0.1) is 11.3 Å². The fraction of sp³-hybridized carbons (Fsp3) is 0. The van der Waals surface area contributed by atoms with E-state index in [4.69, 9.17) is 16.0 Å². The van der Waals surface area contributed by atoms with Gasteiger partial charge in [-0.1, -0.05) is 23.7 Å². The second-order valence-corrected chi connectivity index (χ2v) is 5.99. The van der Waals surface area contributed by atoms with Crippen molar-refractivity contribution in [1.29, 1.82) is 0 Å². The predicted octanol–water partition coefficient (Wildman–Crippen LogP) is 5.27. The van der Waals surface area contributed by atoms with Gasteiger partial charge >= 0.3 is 0 Å². The van der Waals surface area contributed by atoms with Gasteiger partial charge in [-0.05, 0) is 36.4 Å². The first-order valence-electron chi connectivity index (χ1n) is 6.37. The molecule has 5 heteroatoms. The average Bonchev–Trinajstić information content (AvgIpc) is 3.14. The summed E-state index contributed by atoms with van der Waals surface area (Å²) < 4.78 is 6.94. The minimum absolute atomic E-state index is 0.543. The number of rotatable bonds is 2. The number of fused-ring (bicyclic) bond motifs is 1. The molecule has 0 saturated heterocycles. The summed E-state index contributed by atoms with van der Waals surface area (Å²) in [6, 6.07) is 15.5. The van der Waals surface area contributed by atoms with Crippen molar-refractivity contribution in [2.75, 3.05) is 0 Å². The smallest absolute Gasteiger partial charge is 0.256 e. The highest BCUT2D eigenvalue weighted by atomic mass is 35.5. The molecule has 4 rings (SSSR count). The van der Waals surface area contributed by atoms with E-state index in [1.165, 1.54) is 0 Å². The maximum atomic E-state index is 5.89. The van der Waals surface area contributed by atoms with Gasteiger partial charge in [0, 0.05) is 10.6 Å². The van der Waals surface area contributed by atoms with E-state index in [1.807, 2.05) is 48.5 Å². The van der Waals surface area contributed by atoms with Crippen LogP contribution in [0.5, 0.6) is 0 Å². The topological polar surface area (TPSA) is 38.9 Å². The molecule has 2 aromatic carbocycles. The summed E-state index contributed by atoms with van der Waals surface area (Å²) in [5.74, 6) is 1.25. The van der Waals surface area contributed by atoms with Gasteiger partial charge in [-0.3, -0.25) is 0 Å².